The van der Waals surface area contributed by atoms with Gasteiger partial charge in [-0.25, -0.2) is 4.79 Å². The molecule has 0 unspecified atom stereocenters. The summed E-state index contributed by atoms with van der Waals surface area (Å²) in [5.74, 6) is -1.54. The third-order valence-electron chi connectivity index (χ3n) is 3.82. The van der Waals surface area contributed by atoms with Crippen LogP contribution in [0.3, 0.4) is 0 Å². The van der Waals surface area contributed by atoms with Crippen LogP contribution in [0, 0.1) is 5.92 Å². The molecule has 2 atom stereocenters. The first-order valence-electron chi connectivity index (χ1n) is 7.54. The van der Waals surface area contributed by atoms with Crippen LogP contribution in [-0.4, -0.2) is 42.8 Å². The van der Waals surface area contributed by atoms with E-state index in [1.165, 1.54) is 4.90 Å². The molecular weight excluding hydrogens is 298 g/mol. The molecule has 0 N–H and O–H groups in total. The number of carboxylic acids is 1. The maximum absolute atomic E-state index is 12.2. The number of aliphatic carboxylic acids is 1. The van der Waals surface area contributed by atoms with Crippen molar-refractivity contribution in [3.63, 3.8) is 0 Å². The first-order chi connectivity index (χ1) is 10.7. The average molecular weight is 320 g/mol. The van der Waals surface area contributed by atoms with E-state index in [0.717, 1.165) is 5.56 Å². The molecule has 1 amide bonds. The lowest BCUT2D eigenvalue weighted by molar-refractivity contribution is -0.311. The fourth-order valence-electron chi connectivity index (χ4n) is 2.71. The molecule has 6 nitrogen and oxygen atoms in total. The van der Waals surface area contributed by atoms with Crippen molar-refractivity contribution in [2.75, 3.05) is 20.2 Å². The number of hydrogen-bond acceptors (Lipinski definition) is 5. The van der Waals surface area contributed by atoms with Crippen LogP contribution in [0.2, 0.25) is 0 Å². The number of carboxylic acid groups (broad SMARTS) is 1. The molecular formula is C17H22NO5-. The highest BCUT2D eigenvalue weighted by molar-refractivity contribution is 5.74. The minimum atomic E-state index is -1.16. The van der Waals surface area contributed by atoms with Crippen molar-refractivity contribution >= 4 is 12.1 Å². The Hall–Kier alpha value is -2.24. The van der Waals surface area contributed by atoms with E-state index in [0.29, 0.717) is 12.3 Å². The summed E-state index contributed by atoms with van der Waals surface area (Å²) in [4.78, 5) is 25.1. The largest absolute Gasteiger partial charge is 0.550 e. The molecule has 2 rings (SSSR count). The molecule has 1 saturated heterocycles. The molecule has 1 aliphatic heterocycles. The molecule has 0 saturated carbocycles. The number of rotatable bonds is 3. The molecule has 6 heteroatoms. The van der Waals surface area contributed by atoms with Crippen molar-refractivity contribution in [2.24, 2.45) is 5.92 Å². The van der Waals surface area contributed by atoms with Crippen LogP contribution >= 0.6 is 0 Å². The molecule has 0 aromatic heterocycles. The molecule has 1 aliphatic rings. The number of carbonyl (C=O) groups excluding carboxylic acids is 2. The van der Waals surface area contributed by atoms with Gasteiger partial charge in [-0.15, -0.1) is 0 Å². The molecule has 0 radical (unpaired) electrons. The molecule has 0 spiro atoms. The molecule has 0 aliphatic carbocycles. The Morgan fingerprint density at radius 1 is 1.17 bits per heavy atom. The lowest BCUT2D eigenvalue weighted by Crippen LogP contribution is -2.38. The normalized spacial score (nSPS) is 21.1. The van der Waals surface area contributed by atoms with Crippen LogP contribution < -0.4 is 9.84 Å². The van der Waals surface area contributed by atoms with Crippen molar-refractivity contribution in [2.45, 2.75) is 32.3 Å². The summed E-state index contributed by atoms with van der Waals surface area (Å²) < 4.78 is 10.4. The van der Waals surface area contributed by atoms with Gasteiger partial charge in [-0.3, -0.25) is 0 Å². The molecule has 0 bridgehead atoms. The number of benzene rings is 1. The molecule has 126 valence electrons. The summed E-state index contributed by atoms with van der Waals surface area (Å²) in [6.45, 7) is 5.71. The number of nitrogens with zero attached hydrogens (tertiary/aromatic N) is 1. The third-order valence-corrected chi connectivity index (χ3v) is 3.82. The second-order valence-corrected chi connectivity index (χ2v) is 6.69. The fourth-order valence-corrected chi connectivity index (χ4v) is 2.71. The van der Waals surface area contributed by atoms with Gasteiger partial charge in [0.15, 0.2) is 0 Å². The van der Waals surface area contributed by atoms with Gasteiger partial charge in [0.1, 0.15) is 11.4 Å². The van der Waals surface area contributed by atoms with Gasteiger partial charge in [0.2, 0.25) is 0 Å². The zero-order valence-electron chi connectivity index (χ0n) is 13.9. The lowest BCUT2D eigenvalue weighted by Gasteiger charge is -2.24. The first-order valence-corrected chi connectivity index (χ1v) is 7.54. The summed E-state index contributed by atoms with van der Waals surface area (Å²) in [6, 6.07) is 7.19. The molecule has 23 heavy (non-hydrogen) atoms. The standard InChI is InChI=1S/C17H23NO5/c1-17(2,3)23-16(21)18-9-13(14(10-18)15(19)20)11-5-7-12(22-4)8-6-11/h5-8,13-14H,9-10H2,1-4H3,(H,19,20)/p-1/t13-,14+/m1/s1. The van der Waals surface area contributed by atoms with Gasteiger partial charge >= 0.3 is 6.09 Å². The van der Waals surface area contributed by atoms with Crippen molar-refractivity contribution in [1.29, 1.82) is 0 Å². The van der Waals surface area contributed by atoms with E-state index in [-0.39, 0.29) is 12.5 Å². The quantitative estimate of drug-likeness (QED) is 0.841. The highest BCUT2D eigenvalue weighted by Gasteiger charge is 2.38. The number of amides is 1. The smallest absolute Gasteiger partial charge is 0.410 e. The molecule has 1 heterocycles. The predicted molar refractivity (Wildman–Crippen MR) is 82.0 cm³/mol. The van der Waals surface area contributed by atoms with E-state index in [9.17, 15) is 14.7 Å². The fraction of sp³-hybridized carbons (Fsp3) is 0.529. The monoisotopic (exact) mass is 320 g/mol. The van der Waals surface area contributed by atoms with Gasteiger partial charge in [-0.2, -0.15) is 0 Å². The minimum absolute atomic E-state index is 0.0912. The van der Waals surface area contributed by atoms with Crippen LogP contribution in [0.5, 0.6) is 5.75 Å². The Labute approximate surface area is 136 Å². The number of carbonyl (C=O) groups is 2. The van der Waals surface area contributed by atoms with Crippen molar-refractivity contribution in [1.82, 2.24) is 4.90 Å². The Bertz CT molecular complexity index is 576. The van der Waals surface area contributed by atoms with Crippen LogP contribution in [0.25, 0.3) is 0 Å². The summed E-state index contributed by atoms with van der Waals surface area (Å²) in [5.41, 5.74) is 0.220. The van der Waals surface area contributed by atoms with Gasteiger partial charge < -0.3 is 24.3 Å². The Balaban J connectivity index is 2.17. The Morgan fingerprint density at radius 2 is 1.78 bits per heavy atom. The van der Waals surface area contributed by atoms with Crippen molar-refractivity contribution in [3.05, 3.63) is 29.8 Å². The molecule has 1 aromatic rings. The summed E-state index contributed by atoms with van der Waals surface area (Å²) >= 11 is 0. The summed E-state index contributed by atoms with van der Waals surface area (Å²) in [5, 5.41) is 11.4. The van der Waals surface area contributed by atoms with E-state index in [2.05, 4.69) is 0 Å². The van der Waals surface area contributed by atoms with E-state index in [1.54, 1.807) is 40.0 Å². The van der Waals surface area contributed by atoms with Gasteiger partial charge in [-0.1, -0.05) is 12.1 Å². The summed E-state index contributed by atoms with van der Waals surface area (Å²) in [7, 11) is 1.57. The lowest BCUT2D eigenvalue weighted by atomic mass is 9.89. The van der Waals surface area contributed by atoms with E-state index < -0.39 is 23.6 Å². The minimum Gasteiger partial charge on any atom is -0.550 e. The highest BCUT2D eigenvalue weighted by atomic mass is 16.6. The van der Waals surface area contributed by atoms with Crippen molar-refractivity contribution in [3.8, 4) is 5.75 Å². The average Bonchev–Trinajstić information content (AvgIpc) is 2.91. The second-order valence-electron chi connectivity index (χ2n) is 6.69. The topological polar surface area (TPSA) is 78.9 Å². The van der Waals surface area contributed by atoms with Gasteiger partial charge in [0.25, 0.3) is 0 Å². The first kappa shape index (κ1) is 17.1. The highest BCUT2D eigenvalue weighted by Crippen LogP contribution is 2.34. The Morgan fingerprint density at radius 3 is 2.26 bits per heavy atom. The zero-order chi connectivity index (χ0) is 17.2. The van der Waals surface area contributed by atoms with Crippen LogP contribution in [0.4, 0.5) is 4.79 Å². The molecule has 1 aromatic carbocycles. The maximum atomic E-state index is 12.2. The van der Waals surface area contributed by atoms with Crippen molar-refractivity contribution < 1.29 is 24.2 Å². The van der Waals surface area contributed by atoms with E-state index in [4.69, 9.17) is 9.47 Å². The maximum Gasteiger partial charge on any atom is 0.410 e. The van der Waals surface area contributed by atoms with E-state index in [1.807, 2.05) is 12.1 Å². The van der Waals surface area contributed by atoms with Gasteiger partial charge in [-0.05, 0) is 38.5 Å². The Kier molecular flexibility index (Phi) is 4.82. The van der Waals surface area contributed by atoms with E-state index >= 15 is 0 Å². The zero-order valence-corrected chi connectivity index (χ0v) is 13.9. The van der Waals surface area contributed by atoms with Crippen LogP contribution in [0.1, 0.15) is 32.3 Å². The number of hydrogen-bond donors (Lipinski definition) is 0. The SMILES string of the molecule is COc1ccc([C@H]2CN(C(=O)OC(C)(C)C)C[C@@H]2C(=O)[O-])cc1. The van der Waals surface area contributed by atoms with Gasteiger partial charge in [0.05, 0.1) is 7.11 Å². The number of ether oxygens (including phenoxy) is 2. The van der Waals surface area contributed by atoms with Crippen LogP contribution in [-0.2, 0) is 9.53 Å². The second kappa shape index (κ2) is 6.48. The summed E-state index contributed by atoms with van der Waals surface area (Å²) in [6.07, 6.45) is -0.500. The molecule has 1 fully saturated rings. The van der Waals surface area contributed by atoms with Gasteiger partial charge in [0, 0.05) is 30.9 Å². The number of methoxy groups -OCH3 is 1. The number of likely N-dealkylation sites (tertiary alicyclic amines) is 1. The third kappa shape index (κ3) is 4.15. The van der Waals surface area contributed by atoms with Crippen LogP contribution in [0.15, 0.2) is 24.3 Å². The predicted octanol–water partition coefficient (Wildman–Crippen LogP) is 1.40.